The zero-order valence-corrected chi connectivity index (χ0v) is 15.2. The first kappa shape index (κ1) is 17.0. The van der Waals surface area contributed by atoms with Crippen molar-refractivity contribution in [2.45, 2.75) is 58.6 Å². The smallest absolute Gasteiger partial charge is 0.107 e. The summed E-state index contributed by atoms with van der Waals surface area (Å²) < 4.78 is 0. The maximum absolute atomic E-state index is 11.8. The number of aliphatic hydroxyl groups is 1. The van der Waals surface area contributed by atoms with Crippen LogP contribution >= 0.6 is 0 Å². The van der Waals surface area contributed by atoms with Crippen LogP contribution in [-0.2, 0) is 5.60 Å². The summed E-state index contributed by atoms with van der Waals surface area (Å²) in [5.41, 5.74) is 4.59. The van der Waals surface area contributed by atoms with Crippen LogP contribution in [0, 0.1) is 38.5 Å². The normalized spacial score (nSPS) is 41.9. The average molecular weight is 310 g/mol. The third kappa shape index (κ3) is 1.96. The van der Waals surface area contributed by atoms with E-state index in [0.29, 0.717) is 5.92 Å². The lowest BCUT2D eigenvalue weighted by atomic mass is 9.72. The zero-order valence-electron chi connectivity index (χ0n) is 15.2. The number of nitrogens with zero attached hydrogens (tertiary/aromatic N) is 1. The highest BCUT2D eigenvalue weighted by atomic mass is 16.3. The van der Waals surface area contributed by atoms with Crippen LogP contribution in [0.3, 0.4) is 0 Å². The number of aryl methyl sites for hydroxylation is 3. The van der Waals surface area contributed by atoms with Crippen molar-refractivity contribution in [1.29, 1.82) is 0 Å². The molecule has 4 rings (SSSR count). The minimum Gasteiger partial charge on any atom is -0.383 e. The lowest BCUT2D eigenvalue weighted by Gasteiger charge is -2.36. The minimum atomic E-state index is -0.661. The fraction of sp³-hybridized carbons (Fsp3) is 0.700. The van der Waals surface area contributed by atoms with Crippen molar-refractivity contribution >= 4 is 8.41 Å². The molecule has 5 atom stereocenters. The molecule has 2 saturated heterocycles. The van der Waals surface area contributed by atoms with E-state index in [1.165, 1.54) is 35.1 Å². The quantitative estimate of drug-likeness (QED) is 0.806. The van der Waals surface area contributed by atoms with Gasteiger partial charge in [0.15, 0.2) is 0 Å². The van der Waals surface area contributed by atoms with Crippen LogP contribution in [0.2, 0.25) is 0 Å². The molecular formula is C20H29BNO. The average Bonchev–Trinajstić information content (AvgIpc) is 2.92. The van der Waals surface area contributed by atoms with Crippen molar-refractivity contribution in [2.24, 2.45) is 17.8 Å². The predicted molar refractivity (Wildman–Crippen MR) is 95.7 cm³/mol. The van der Waals surface area contributed by atoms with Gasteiger partial charge in [-0.05, 0) is 69.1 Å². The molecule has 3 aliphatic rings. The van der Waals surface area contributed by atoms with Gasteiger partial charge in [-0.25, -0.2) is 0 Å². The van der Waals surface area contributed by atoms with Crippen molar-refractivity contribution in [1.82, 2.24) is 4.90 Å². The Bertz CT molecular complexity index is 622. The third-order valence-corrected chi connectivity index (χ3v) is 7.22. The van der Waals surface area contributed by atoms with Crippen LogP contribution in [0.5, 0.6) is 0 Å². The molecule has 2 aliphatic heterocycles. The van der Waals surface area contributed by atoms with E-state index in [1.54, 1.807) is 0 Å². The van der Waals surface area contributed by atoms with Crippen molar-refractivity contribution in [3.05, 3.63) is 34.4 Å². The molecule has 1 aromatic carbocycles. The Morgan fingerprint density at radius 3 is 2.35 bits per heavy atom. The van der Waals surface area contributed by atoms with E-state index in [0.717, 1.165) is 24.9 Å². The Hall–Kier alpha value is -0.795. The first-order chi connectivity index (χ1) is 10.3. The number of hydrogen-bond acceptors (Lipinski definition) is 2. The van der Waals surface area contributed by atoms with Gasteiger partial charge in [-0.3, -0.25) is 4.90 Å². The number of β-amino-alcohol motifs (C(OH)–C–C–N with tert-alkyl or cyclic N) is 1. The van der Waals surface area contributed by atoms with E-state index in [2.05, 4.69) is 51.7 Å². The second-order valence-corrected chi connectivity index (χ2v) is 8.52. The summed E-state index contributed by atoms with van der Waals surface area (Å²) in [6.45, 7) is 13.3. The molecule has 1 aliphatic carbocycles. The lowest BCUT2D eigenvalue weighted by Crippen LogP contribution is -2.43. The first-order valence-corrected chi connectivity index (χ1v) is 8.84. The van der Waals surface area contributed by atoms with E-state index < -0.39 is 5.60 Å². The highest BCUT2D eigenvalue weighted by Crippen LogP contribution is 2.63. The largest absolute Gasteiger partial charge is 0.383 e. The Labute approximate surface area is 142 Å². The van der Waals surface area contributed by atoms with Gasteiger partial charge in [-0.1, -0.05) is 24.6 Å². The number of benzene rings is 1. The molecule has 0 unspecified atom stereocenters. The van der Waals surface area contributed by atoms with Gasteiger partial charge < -0.3 is 5.11 Å². The van der Waals surface area contributed by atoms with Gasteiger partial charge in [0, 0.05) is 33.0 Å². The minimum absolute atomic E-state index is 0. The summed E-state index contributed by atoms with van der Waals surface area (Å²) in [4.78, 5) is 2.61. The standard InChI is InChI=1S/C20H29NO.B/c1-12-8-13(2)18(14(3)9-12)20(22)11-21-10-15(4)16-6-7-17(20)19(16,21)5;/h8-9,15-17,22H,6-7,10-11H2,1-5H3;/t15-,16+,17+,19-,20-;/m1./s1. The third-order valence-electron chi connectivity index (χ3n) is 7.22. The van der Waals surface area contributed by atoms with E-state index in [4.69, 9.17) is 0 Å². The lowest BCUT2D eigenvalue weighted by molar-refractivity contribution is -0.00282. The summed E-state index contributed by atoms with van der Waals surface area (Å²) >= 11 is 0. The van der Waals surface area contributed by atoms with Crippen LogP contribution < -0.4 is 0 Å². The SMILES string of the molecule is Cc1cc(C)c([C@@]2(O)CN3C[C@@H](C)[C@@H]4CC[C@H]2[C@@]43C)c(C)c1.[B]. The van der Waals surface area contributed by atoms with Crippen molar-refractivity contribution in [2.75, 3.05) is 13.1 Å². The molecule has 0 spiro atoms. The highest BCUT2D eigenvalue weighted by molar-refractivity contribution is 5.75. The van der Waals surface area contributed by atoms with Crippen LogP contribution in [0.1, 0.15) is 48.9 Å². The van der Waals surface area contributed by atoms with Gasteiger partial charge in [0.05, 0.1) is 0 Å². The molecule has 3 radical (unpaired) electrons. The van der Waals surface area contributed by atoms with Gasteiger partial charge in [-0.15, -0.1) is 0 Å². The molecule has 123 valence electrons. The summed E-state index contributed by atoms with van der Waals surface area (Å²) in [6.07, 6.45) is 2.45. The van der Waals surface area contributed by atoms with Gasteiger partial charge in [0.1, 0.15) is 5.60 Å². The molecule has 0 aromatic heterocycles. The number of hydrogen-bond donors (Lipinski definition) is 1. The van der Waals surface area contributed by atoms with Gasteiger partial charge in [-0.2, -0.15) is 0 Å². The molecule has 1 N–H and O–H groups in total. The predicted octanol–water partition coefficient (Wildman–Crippen LogP) is 3.17. The van der Waals surface area contributed by atoms with E-state index in [9.17, 15) is 5.11 Å². The number of rotatable bonds is 1. The van der Waals surface area contributed by atoms with Crippen molar-refractivity contribution < 1.29 is 5.11 Å². The second-order valence-electron chi connectivity index (χ2n) is 8.52. The van der Waals surface area contributed by atoms with Gasteiger partial charge >= 0.3 is 0 Å². The van der Waals surface area contributed by atoms with Gasteiger partial charge in [0.2, 0.25) is 0 Å². The van der Waals surface area contributed by atoms with Crippen LogP contribution in [0.4, 0.5) is 0 Å². The monoisotopic (exact) mass is 310 g/mol. The van der Waals surface area contributed by atoms with Gasteiger partial charge in [0.25, 0.3) is 0 Å². The van der Waals surface area contributed by atoms with Crippen molar-refractivity contribution in [3.8, 4) is 0 Å². The summed E-state index contributed by atoms with van der Waals surface area (Å²) in [5.74, 6) is 1.92. The topological polar surface area (TPSA) is 23.5 Å². The molecule has 2 heterocycles. The fourth-order valence-corrected chi connectivity index (χ4v) is 6.65. The van der Waals surface area contributed by atoms with Crippen LogP contribution in [0.15, 0.2) is 12.1 Å². The molecule has 0 bridgehead atoms. The Balaban J connectivity index is 0.00000156. The Morgan fingerprint density at radius 1 is 1.13 bits per heavy atom. The van der Waals surface area contributed by atoms with Crippen molar-refractivity contribution in [3.63, 3.8) is 0 Å². The molecular weight excluding hydrogens is 281 g/mol. The summed E-state index contributed by atoms with van der Waals surface area (Å²) in [7, 11) is 0. The first-order valence-electron chi connectivity index (χ1n) is 8.84. The maximum atomic E-state index is 11.8. The van der Waals surface area contributed by atoms with E-state index in [-0.39, 0.29) is 14.0 Å². The molecule has 3 heteroatoms. The van der Waals surface area contributed by atoms with E-state index in [1.807, 2.05) is 0 Å². The Morgan fingerprint density at radius 2 is 1.74 bits per heavy atom. The molecule has 1 aromatic rings. The van der Waals surface area contributed by atoms with Crippen LogP contribution in [0.25, 0.3) is 0 Å². The molecule has 0 amide bonds. The summed E-state index contributed by atoms with van der Waals surface area (Å²) in [5, 5.41) is 11.8. The molecule has 1 saturated carbocycles. The molecule has 2 nitrogen and oxygen atoms in total. The summed E-state index contributed by atoms with van der Waals surface area (Å²) in [6, 6.07) is 4.47. The second kappa shape index (κ2) is 5.10. The van der Waals surface area contributed by atoms with E-state index >= 15 is 0 Å². The zero-order chi connectivity index (χ0) is 15.9. The fourth-order valence-electron chi connectivity index (χ4n) is 6.65. The van der Waals surface area contributed by atoms with Crippen LogP contribution in [-0.4, -0.2) is 37.0 Å². The molecule has 3 fully saturated rings. The maximum Gasteiger partial charge on any atom is 0.107 e. The highest BCUT2D eigenvalue weighted by Gasteiger charge is 2.68. The Kier molecular flexibility index (Phi) is 3.78. The molecule has 23 heavy (non-hydrogen) atoms.